The Morgan fingerprint density at radius 1 is 1.12 bits per heavy atom. The average molecular weight is 364 g/mol. The van der Waals surface area contributed by atoms with Crippen molar-refractivity contribution in [2.45, 2.75) is 13.3 Å². The van der Waals surface area contributed by atoms with Gasteiger partial charge in [-0.25, -0.2) is 9.67 Å². The standard InChI is InChI=1S/C20H20N4OS/c1-2-13-25-19-14-17(15-21-24(19)18-11-7-4-8-12-18)23-20(26)22-16-9-5-3-6-10-16/h3-12,14-15H,2,13H2,1H3,(H,22,26). The fourth-order valence-corrected chi connectivity index (χ4v) is 2.55. The molecule has 6 heteroatoms. The molecule has 0 saturated carbocycles. The number of rotatable bonds is 5. The summed E-state index contributed by atoms with van der Waals surface area (Å²) in [4.78, 5) is 4.42. The van der Waals surface area contributed by atoms with Crippen molar-refractivity contribution in [2.75, 3.05) is 11.9 Å². The van der Waals surface area contributed by atoms with Crippen LogP contribution < -0.4 is 15.4 Å². The van der Waals surface area contributed by atoms with Crippen LogP contribution in [-0.2, 0) is 0 Å². The van der Waals surface area contributed by atoms with Gasteiger partial charge in [-0.1, -0.05) is 43.3 Å². The van der Waals surface area contributed by atoms with Gasteiger partial charge in [0.05, 0.1) is 23.8 Å². The van der Waals surface area contributed by atoms with Crippen LogP contribution >= 0.6 is 12.2 Å². The van der Waals surface area contributed by atoms with Crippen LogP contribution in [-0.4, -0.2) is 21.5 Å². The number of anilines is 1. The monoisotopic (exact) mass is 364 g/mol. The summed E-state index contributed by atoms with van der Waals surface area (Å²) in [5, 5.41) is 8.57. The third-order valence-corrected chi connectivity index (χ3v) is 3.69. The normalized spacial score (nSPS) is 11.2. The summed E-state index contributed by atoms with van der Waals surface area (Å²) in [7, 11) is 0. The minimum Gasteiger partial charge on any atom is -0.478 e. The second-order valence-corrected chi connectivity index (χ2v) is 5.94. The molecule has 132 valence electrons. The molecule has 0 fully saturated rings. The molecule has 0 aliphatic rings. The zero-order valence-electron chi connectivity index (χ0n) is 14.5. The smallest absolute Gasteiger partial charge is 0.217 e. The van der Waals surface area contributed by atoms with Crippen LogP contribution in [0.2, 0.25) is 0 Å². The molecule has 0 saturated heterocycles. The Bertz CT molecular complexity index is 923. The number of hydrogen-bond donors (Lipinski definition) is 1. The fraction of sp³-hybridized carbons (Fsp3) is 0.150. The zero-order chi connectivity index (χ0) is 18.2. The maximum Gasteiger partial charge on any atom is 0.217 e. The Balaban J connectivity index is 1.89. The summed E-state index contributed by atoms with van der Waals surface area (Å²) in [6.45, 7) is 2.66. The molecule has 0 radical (unpaired) electrons. The molecule has 3 aromatic rings. The van der Waals surface area contributed by atoms with Gasteiger partial charge in [0, 0.05) is 11.8 Å². The summed E-state index contributed by atoms with van der Waals surface area (Å²) in [5.41, 5.74) is 1.82. The first kappa shape index (κ1) is 17.8. The van der Waals surface area contributed by atoms with Crippen molar-refractivity contribution in [3.8, 4) is 11.6 Å². The minimum absolute atomic E-state index is 0.372. The molecule has 1 heterocycles. The molecule has 3 rings (SSSR count). The van der Waals surface area contributed by atoms with Crippen LogP contribution in [0.4, 0.5) is 5.69 Å². The van der Waals surface area contributed by atoms with Crippen molar-refractivity contribution in [3.63, 3.8) is 0 Å². The third kappa shape index (κ3) is 4.77. The van der Waals surface area contributed by atoms with E-state index in [1.165, 1.54) is 0 Å². The molecule has 5 nitrogen and oxygen atoms in total. The summed E-state index contributed by atoms with van der Waals surface area (Å²) in [6.07, 6.45) is 2.58. The van der Waals surface area contributed by atoms with Crippen molar-refractivity contribution in [2.24, 2.45) is 4.99 Å². The first-order valence-corrected chi connectivity index (χ1v) is 8.85. The lowest BCUT2D eigenvalue weighted by Gasteiger charge is -2.12. The van der Waals surface area contributed by atoms with Gasteiger partial charge in [-0.2, -0.15) is 5.10 Å². The van der Waals surface area contributed by atoms with E-state index in [2.05, 4.69) is 22.3 Å². The van der Waals surface area contributed by atoms with Gasteiger partial charge >= 0.3 is 0 Å². The number of ether oxygens (including phenoxy) is 1. The van der Waals surface area contributed by atoms with Gasteiger partial charge < -0.3 is 10.1 Å². The second kappa shape index (κ2) is 8.92. The molecule has 0 aliphatic heterocycles. The number of nitrogens with one attached hydrogen (secondary N) is 1. The third-order valence-electron chi connectivity index (χ3n) is 3.50. The lowest BCUT2D eigenvalue weighted by molar-refractivity contribution is 0.291. The van der Waals surface area contributed by atoms with Crippen molar-refractivity contribution in [1.29, 1.82) is 0 Å². The number of benzene rings is 2. The fourth-order valence-electron chi connectivity index (χ4n) is 2.32. The number of nitrogens with zero attached hydrogens (tertiary/aromatic N) is 3. The van der Waals surface area contributed by atoms with Gasteiger partial charge in [-0.15, -0.1) is 0 Å². The van der Waals surface area contributed by atoms with E-state index < -0.39 is 0 Å². The summed E-state index contributed by atoms with van der Waals surface area (Å²) in [5.74, 6) is 0.627. The van der Waals surface area contributed by atoms with E-state index in [1.54, 1.807) is 10.9 Å². The molecule has 0 bridgehead atoms. The van der Waals surface area contributed by atoms with Crippen molar-refractivity contribution >= 4 is 23.0 Å². The van der Waals surface area contributed by atoms with Crippen LogP contribution in [0.3, 0.4) is 0 Å². The largest absolute Gasteiger partial charge is 0.478 e. The molecule has 1 N–H and O–H groups in total. The predicted octanol–water partition coefficient (Wildman–Crippen LogP) is 3.96. The first-order chi connectivity index (χ1) is 12.8. The molecule has 0 spiro atoms. The molecule has 26 heavy (non-hydrogen) atoms. The molecule has 2 aromatic carbocycles. The highest BCUT2D eigenvalue weighted by Gasteiger charge is 2.05. The Morgan fingerprint density at radius 2 is 1.81 bits per heavy atom. The Hall–Kier alpha value is -2.99. The van der Waals surface area contributed by atoms with Crippen molar-refractivity contribution in [1.82, 2.24) is 9.78 Å². The van der Waals surface area contributed by atoms with Crippen LogP contribution in [0.1, 0.15) is 13.3 Å². The second-order valence-electron chi connectivity index (χ2n) is 5.56. The summed E-state index contributed by atoms with van der Waals surface area (Å²) < 4.78 is 7.61. The Kier molecular flexibility index (Phi) is 6.11. The van der Waals surface area contributed by atoms with Gasteiger partial charge in [0.15, 0.2) is 5.11 Å². The number of aromatic nitrogens is 2. The summed E-state index contributed by atoms with van der Waals surface area (Å²) >= 11 is 5.32. The maximum atomic E-state index is 5.86. The van der Waals surface area contributed by atoms with Gasteiger partial charge in [0.1, 0.15) is 0 Å². The van der Waals surface area contributed by atoms with E-state index in [0.717, 1.165) is 17.8 Å². The van der Waals surface area contributed by atoms with Gasteiger partial charge in [-0.3, -0.25) is 0 Å². The quantitative estimate of drug-likeness (QED) is 0.696. The molecule has 0 atom stereocenters. The highest BCUT2D eigenvalue weighted by molar-refractivity contribution is 7.80. The lowest BCUT2D eigenvalue weighted by atomic mass is 10.3. The van der Waals surface area contributed by atoms with E-state index in [-0.39, 0.29) is 0 Å². The van der Waals surface area contributed by atoms with E-state index in [9.17, 15) is 0 Å². The van der Waals surface area contributed by atoms with E-state index >= 15 is 0 Å². The highest BCUT2D eigenvalue weighted by atomic mass is 32.1. The van der Waals surface area contributed by atoms with Crippen LogP contribution in [0.25, 0.3) is 5.69 Å². The van der Waals surface area contributed by atoms with E-state index in [1.807, 2.05) is 66.7 Å². The van der Waals surface area contributed by atoms with Gasteiger partial charge in [0.2, 0.25) is 5.88 Å². The zero-order valence-corrected chi connectivity index (χ0v) is 15.3. The molecule has 0 aliphatic carbocycles. The van der Waals surface area contributed by atoms with Crippen molar-refractivity contribution in [3.05, 3.63) is 78.3 Å². The SMILES string of the molecule is CCCOc1cc(=NC(=S)Nc2ccccc2)cnn1-c1ccccc1. The summed E-state index contributed by atoms with van der Waals surface area (Å²) in [6, 6.07) is 21.4. The lowest BCUT2D eigenvalue weighted by Crippen LogP contribution is -2.17. The molecular weight excluding hydrogens is 344 g/mol. The molecule has 0 unspecified atom stereocenters. The van der Waals surface area contributed by atoms with Crippen LogP contribution in [0.15, 0.2) is 77.9 Å². The number of hydrogen-bond acceptors (Lipinski definition) is 3. The van der Waals surface area contributed by atoms with Crippen LogP contribution in [0.5, 0.6) is 5.88 Å². The molecule has 1 aromatic heterocycles. The topological polar surface area (TPSA) is 51.4 Å². The molecular formula is C20H20N4OS. The first-order valence-electron chi connectivity index (χ1n) is 8.44. The predicted molar refractivity (Wildman–Crippen MR) is 108 cm³/mol. The highest BCUT2D eigenvalue weighted by Crippen LogP contribution is 2.14. The number of thiocarbonyl (C=S) groups is 1. The number of para-hydroxylation sites is 2. The average Bonchev–Trinajstić information content (AvgIpc) is 2.68. The van der Waals surface area contributed by atoms with E-state index in [0.29, 0.717) is 23.0 Å². The minimum atomic E-state index is 0.372. The Morgan fingerprint density at radius 3 is 2.50 bits per heavy atom. The van der Waals surface area contributed by atoms with Crippen LogP contribution in [0, 0.1) is 0 Å². The molecule has 0 amide bonds. The Labute approximate surface area is 158 Å². The maximum absolute atomic E-state index is 5.86. The van der Waals surface area contributed by atoms with E-state index in [4.69, 9.17) is 17.0 Å². The van der Waals surface area contributed by atoms with Gasteiger partial charge in [0.25, 0.3) is 0 Å². The van der Waals surface area contributed by atoms with Gasteiger partial charge in [-0.05, 0) is 42.9 Å². The van der Waals surface area contributed by atoms with Crippen molar-refractivity contribution < 1.29 is 4.74 Å².